The van der Waals surface area contributed by atoms with E-state index in [-0.39, 0.29) is 23.8 Å². The molecule has 26 heavy (non-hydrogen) atoms. The van der Waals surface area contributed by atoms with Gasteiger partial charge in [0.2, 0.25) is 11.8 Å². The summed E-state index contributed by atoms with van der Waals surface area (Å²) in [5.74, 6) is 0.690. The molecule has 4 heteroatoms. The van der Waals surface area contributed by atoms with E-state index in [1.807, 2.05) is 35.2 Å². The molecule has 2 aliphatic rings. The Hall–Kier alpha value is -1.84. The molecule has 4 nitrogen and oxygen atoms in total. The van der Waals surface area contributed by atoms with Gasteiger partial charge in [0.1, 0.15) is 0 Å². The van der Waals surface area contributed by atoms with E-state index >= 15 is 0 Å². The SMILES string of the molecule is CC(C)(C)C1CCC(NC(=O)[C@@H]2CC(=O)N(Cc3ccccc3)C2)CC1. The Kier molecular flexibility index (Phi) is 5.69. The van der Waals surface area contributed by atoms with Crippen LogP contribution in [0.2, 0.25) is 0 Å². The summed E-state index contributed by atoms with van der Waals surface area (Å²) in [7, 11) is 0. The molecule has 2 fully saturated rings. The van der Waals surface area contributed by atoms with Crippen LogP contribution >= 0.6 is 0 Å². The zero-order chi connectivity index (χ0) is 18.7. The van der Waals surface area contributed by atoms with Gasteiger partial charge in [0.15, 0.2) is 0 Å². The first kappa shape index (κ1) is 18.9. The summed E-state index contributed by atoms with van der Waals surface area (Å²) in [6, 6.07) is 10.3. The maximum Gasteiger partial charge on any atom is 0.225 e. The van der Waals surface area contributed by atoms with Crippen LogP contribution in [0.5, 0.6) is 0 Å². The molecule has 142 valence electrons. The van der Waals surface area contributed by atoms with Crippen LogP contribution in [0, 0.1) is 17.3 Å². The van der Waals surface area contributed by atoms with Crippen LogP contribution in [0.4, 0.5) is 0 Å². The van der Waals surface area contributed by atoms with E-state index in [1.54, 1.807) is 0 Å². The molecular weight excluding hydrogens is 324 g/mol. The zero-order valence-corrected chi connectivity index (χ0v) is 16.3. The van der Waals surface area contributed by atoms with Gasteiger partial charge in [-0.15, -0.1) is 0 Å². The Balaban J connectivity index is 1.48. The molecule has 2 amide bonds. The van der Waals surface area contributed by atoms with Crippen molar-refractivity contribution in [1.29, 1.82) is 0 Å². The van der Waals surface area contributed by atoms with Gasteiger partial charge in [-0.25, -0.2) is 0 Å². The first-order chi connectivity index (χ1) is 12.3. The number of carbonyl (C=O) groups excluding carboxylic acids is 2. The molecule has 0 radical (unpaired) electrons. The summed E-state index contributed by atoms with van der Waals surface area (Å²) < 4.78 is 0. The van der Waals surface area contributed by atoms with Crippen LogP contribution in [0.3, 0.4) is 0 Å². The molecule has 0 aromatic heterocycles. The highest BCUT2D eigenvalue weighted by molar-refractivity contribution is 5.89. The second-order valence-electron chi connectivity index (χ2n) is 9.08. The molecule has 1 aliphatic carbocycles. The molecule has 1 saturated heterocycles. The van der Waals surface area contributed by atoms with E-state index in [0.29, 0.717) is 24.9 Å². The summed E-state index contributed by atoms with van der Waals surface area (Å²) in [6.07, 6.45) is 4.82. The lowest BCUT2D eigenvalue weighted by Crippen LogP contribution is -2.42. The van der Waals surface area contributed by atoms with E-state index in [1.165, 1.54) is 12.8 Å². The number of hydrogen-bond acceptors (Lipinski definition) is 2. The van der Waals surface area contributed by atoms with Crippen molar-refractivity contribution in [3.8, 4) is 0 Å². The van der Waals surface area contributed by atoms with Crippen LogP contribution in [0.25, 0.3) is 0 Å². The minimum Gasteiger partial charge on any atom is -0.353 e. The second kappa shape index (κ2) is 7.81. The first-order valence-corrected chi connectivity index (χ1v) is 9.95. The first-order valence-electron chi connectivity index (χ1n) is 9.95. The van der Waals surface area contributed by atoms with Gasteiger partial charge in [0, 0.05) is 25.6 Å². The molecule has 1 saturated carbocycles. The minimum absolute atomic E-state index is 0.0631. The molecule has 1 aromatic rings. The molecule has 1 aromatic carbocycles. The molecule has 3 rings (SSSR count). The topological polar surface area (TPSA) is 49.4 Å². The number of nitrogens with zero attached hydrogens (tertiary/aromatic N) is 1. The molecule has 0 unspecified atom stereocenters. The van der Waals surface area contributed by atoms with Gasteiger partial charge >= 0.3 is 0 Å². The van der Waals surface area contributed by atoms with Gasteiger partial charge < -0.3 is 10.2 Å². The van der Waals surface area contributed by atoms with Crippen molar-refractivity contribution in [3.05, 3.63) is 35.9 Å². The summed E-state index contributed by atoms with van der Waals surface area (Å²) in [5, 5.41) is 3.22. The normalized spacial score (nSPS) is 26.8. The van der Waals surface area contributed by atoms with E-state index in [2.05, 4.69) is 26.1 Å². The van der Waals surface area contributed by atoms with E-state index < -0.39 is 0 Å². The van der Waals surface area contributed by atoms with Crippen LogP contribution < -0.4 is 5.32 Å². The van der Waals surface area contributed by atoms with Crippen LogP contribution in [0.15, 0.2) is 30.3 Å². The summed E-state index contributed by atoms with van der Waals surface area (Å²) in [4.78, 5) is 26.7. The van der Waals surface area contributed by atoms with Crippen molar-refractivity contribution >= 4 is 11.8 Å². The van der Waals surface area contributed by atoms with Gasteiger partial charge in [-0.1, -0.05) is 51.1 Å². The largest absolute Gasteiger partial charge is 0.353 e. The van der Waals surface area contributed by atoms with Crippen LogP contribution in [-0.2, 0) is 16.1 Å². The number of rotatable bonds is 4. The second-order valence-corrected chi connectivity index (χ2v) is 9.08. The average molecular weight is 357 g/mol. The van der Waals surface area contributed by atoms with Gasteiger partial charge in [-0.2, -0.15) is 0 Å². The Morgan fingerprint density at radius 1 is 1.12 bits per heavy atom. The van der Waals surface area contributed by atoms with Crippen molar-refractivity contribution < 1.29 is 9.59 Å². The van der Waals surface area contributed by atoms with E-state index in [0.717, 1.165) is 24.3 Å². The quantitative estimate of drug-likeness (QED) is 0.893. The molecule has 0 spiro atoms. The summed E-state index contributed by atoms with van der Waals surface area (Å²) in [6.45, 7) is 8.06. The third-order valence-electron chi connectivity index (χ3n) is 6.10. The fourth-order valence-electron chi connectivity index (χ4n) is 4.33. The van der Waals surface area contributed by atoms with Crippen LogP contribution in [-0.4, -0.2) is 29.3 Å². The number of amides is 2. The molecule has 1 N–H and O–H groups in total. The molecule has 1 heterocycles. The highest BCUT2D eigenvalue weighted by Crippen LogP contribution is 2.37. The Morgan fingerprint density at radius 2 is 1.77 bits per heavy atom. The molecule has 1 aliphatic heterocycles. The Bertz CT molecular complexity index is 627. The number of likely N-dealkylation sites (tertiary alicyclic amines) is 1. The van der Waals surface area contributed by atoms with Crippen LogP contribution in [0.1, 0.15) is 58.4 Å². The number of hydrogen-bond donors (Lipinski definition) is 1. The monoisotopic (exact) mass is 356 g/mol. The van der Waals surface area contributed by atoms with Crippen molar-refractivity contribution in [2.75, 3.05) is 6.54 Å². The zero-order valence-electron chi connectivity index (χ0n) is 16.3. The Labute approximate surface area is 157 Å². The Morgan fingerprint density at radius 3 is 2.38 bits per heavy atom. The fraction of sp³-hybridized carbons (Fsp3) is 0.636. The summed E-state index contributed by atoms with van der Waals surface area (Å²) >= 11 is 0. The standard InChI is InChI=1S/C22H32N2O2/c1-22(2,3)18-9-11-19(12-10-18)23-21(26)17-13-20(25)24(15-17)14-16-7-5-4-6-8-16/h4-8,17-19H,9-15H2,1-3H3,(H,23,26)/t17-,18?,19?/m1/s1. The highest BCUT2D eigenvalue weighted by Gasteiger charge is 2.36. The third kappa shape index (κ3) is 4.66. The lowest BCUT2D eigenvalue weighted by molar-refractivity contribution is -0.129. The number of benzene rings is 1. The maximum absolute atomic E-state index is 12.6. The smallest absolute Gasteiger partial charge is 0.225 e. The lowest BCUT2D eigenvalue weighted by Gasteiger charge is -2.37. The number of nitrogens with one attached hydrogen (secondary N) is 1. The lowest BCUT2D eigenvalue weighted by atomic mass is 9.71. The predicted octanol–water partition coefficient (Wildman–Crippen LogP) is 3.76. The van der Waals surface area contributed by atoms with Crippen molar-refractivity contribution in [2.45, 2.75) is 65.5 Å². The highest BCUT2D eigenvalue weighted by atomic mass is 16.2. The van der Waals surface area contributed by atoms with Gasteiger partial charge in [-0.05, 0) is 42.6 Å². The average Bonchev–Trinajstić information content (AvgIpc) is 2.96. The molecule has 0 bridgehead atoms. The maximum atomic E-state index is 12.6. The summed E-state index contributed by atoms with van der Waals surface area (Å²) in [5.41, 5.74) is 1.47. The molecular formula is C22H32N2O2. The number of carbonyl (C=O) groups is 2. The van der Waals surface area contributed by atoms with Gasteiger partial charge in [-0.3, -0.25) is 9.59 Å². The van der Waals surface area contributed by atoms with Gasteiger partial charge in [0.25, 0.3) is 0 Å². The van der Waals surface area contributed by atoms with Crippen molar-refractivity contribution in [2.24, 2.45) is 17.3 Å². The van der Waals surface area contributed by atoms with E-state index in [4.69, 9.17) is 0 Å². The van der Waals surface area contributed by atoms with Crippen molar-refractivity contribution in [1.82, 2.24) is 10.2 Å². The predicted molar refractivity (Wildman–Crippen MR) is 103 cm³/mol. The van der Waals surface area contributed by atoms with Crippen molar-refractivity contribution in [3.63, 3.8) is 0 Å². The fourth-order valence-corrected chi connectivity index (χ4v) is 4.33. The van der Waals surface area contributed by atoms with Gasteiger partial charge in [0.05, 0.1) is 5.92 Å². The molecule has 1 atom stereocenters. The van der Waals surface area contributed by atoms with E-state index in [9.17, 15) is 9.59 Å². The minimum atomic E-state index is -0.202. The third-order valence-corrected chi connectivity index (χ3v) is 6.10.